The van der Waals surface area contributed by atoms with Gasteiger partial charge in [-0.2, -0.15) is 0 Å². The van der Waals surface area contributed by atoms with Crippen molar-refractivity contribution in [2.45, 2.75) is 13.3 Å². The second-order valence-corrected chi connectivity index (χ2v) is 7.63. The molecule has 0 fully saturated rings. The highest BCUT2D eigenvalue weighted by atomic mass is 32.2. The molecule has 0 saturated heterocycles. The molecule has 6 heteroatoms. The van der Waals surface area contributed by atoms with Crippen molar-refractivity contribution < 1.29 is 8.42 Å². The smallest absolute Gasteiger partial charge is 0.232 e. The molecule has 0 unspecified atom stereocenters. The third-order valence-electron chi connectivity index (χ3n) is 3.94. The van der Waals surface area contributed by atoms with Crippen LogP contribution in [0, 0.1) is 0 Å². The number of nitrogens with one attached hydrogen (secondary N) is 3. The molecule has 3 rings (SSSR count). The van der Waals surface area contributed by atoms with E-state index in [1.165, 1.54) is 10.9 Å². The summed E-state index contributed by atoms with van der Waals surface area (Å²) in [6.45, 7) is 2.42. The van der Waals surface area contributed by atoms with Crippen molar-refractivity contribution in [3.8, 4) is 0 Å². The summed E-state index contributed by atoms with van der Waals surface area (Å²) in [6.07, 6.45) is 2.96. The SMILES string of the molecule is CCS(=O)(=O)Nc1ccc(NCCc2c[nH]c3ccccc23)cc1. The third-order valence-corrected chi connectivity index (χ3v) is 5.24. The van der Waals surface area contributed by atoms with Crippen molar-refractivity contribution >= 4 is 32.3 Å². The number of aromatic nitrogens is 1. The Kier molecular flexibility index (Phi) is 4.76. The average molecular weight is 343 g/mol. The summed E-state index contributed by atoms with van der Waals surface area (Å²) in [6, 6.07) is 15.5. The quantitative estimate of drug-likeness (QED) is 0.614. The Labute approximate surface area is 142 Å². The molecule has 24 heavy (non-hydrogen) atoms. The molecule has 0 radical (unpaired) electrons. The fraction of sp³-hybridized carbons (Fsp3) is 0.222. The number of para-hydroxylation sites is 1. The minimum atomic E-state index is -3.23. The zero-order valence-corrected chi connectivity index (χ0v) is 14.4. The van der Waals surface area contributed by atoms with Gasteiger partial charge in [-0.15, -0.1) is 0 Å². The third kappa shape index (κ3) is 3.89. The number of rotatable bonds is 7. The van der Waals surface area contributed by atoms with E-state index >= 15 is 0 Å². The van der Waals surface area contributed by atoms with Crippen LogP contribution in [0.5, 0.6) is 0 Å². The van der Waals surface area contributed by atoms with E-state index in [0.29, 0.717) is 5.69 Å². The number of sulfonamides is 1. The lowest BCUT2D eigenvalue weighted by Crippen LogP contribution is -2.14. The number of aromatic amines is 1. The molecule has 0 atom stereocenters. The van der Waals surface area contributed by atoms with Crippen LogP contribution in [0.2, 0.25) is 0 Å². The van der Waals surface area contributed by atoms with Crippen molar-refractivity contribution in [1.29, 1.82) is 0 Å². The highest BCUT2D eigenvalue weighted by Gasteiger charge is 2.06. The Balaban J connectivity index is 1.57. The first kappa shape index (κ1) is 16.4. The zero-order valence-electron chi connectivity index (χ0n) is 13.5. The van der Waals surface area contributed by atoms with Crippen molar-refractivity contribution in [3.63, 3.8) is 0 Å². The van der Waals surface area contributed by atoms with Gasteiger partial charge in [0, 0.05) is 35.0 Å². The summed E-state index contributed by atoms with van der Waals surface area (Å²) in [5, 5.41) is 4.61. The summed E-state index contributed by atoms with van der Waals surface area (Å²) >= 11 is 0. The highest BCUT2D eigenvalue weighted by molar-refractivity contribution is 7.92. The van der Waals surface area contributed by atoms with Crippen LogP contribution in [0.15, 0.2) is 54.7 Å². The van der Waals surface area contributed by atoms with Crippen LogP contribution >= 0.6 is 0 Å². The molecule has 1 heterocycles. The van der Waals surface area contributed by atoms with Gasteiger partial charge in [-0.3, -0.25) is 4.72 Å². The molecule has 2 aromatic carbocycles. The van der Waals surface area contributed by atoms with Crippen molar-refractivity contribution in [2.75, 3.05) is 22.3 Å². The maximum Gasteiger partial charge on any atom is 0.232 e. The lowest BCUT2D eigenvalue weighted by atomic mass is 10.1. The lowest BCUT2D eigenvalue weighted by Gasteiger charge is -2.09. The molecule has 0 amide bonds. The molecule has 3 N–H and O–H groups in total. The van der Waals surface area contributed by atoms with E-state index in [2.05, 4.69) is 33.4 Å². The van der Waals surface area contributed by atoms with Gasteiger partial charge in [-0.05, 0) is 49.2 Å². The summed E-state index contributed by atoms with van der Waals surface area (Å²) in [4.78, 5) is 3.28. The van der Waals surface area contributed by atoms with E-state index in [-0.39, 0.29) is 5.75 Å². The zero-order chi connectivity index (χ0) is 17.0. The first-order chi connectivity index (χ1) is 11.6. The fourth-order valence-corrected chi connectivity index (χ4v) is 3.23. The summed E-state index contributed by atoms with van der Waals surface area (Å²) < 4.78 is 25.6. The summed E-state index contributed by atoms with van der Waals surface area (Å²) in [5.41, 5.74) is 3.99. The van der Waals surface area contributed by atoms with Gasteiger partial charge in [0.05, 0.1) is 5.75 Å². The molecule has 0 saturated carbocycles. The van der Waals surface area contributed by atoms with E-state index in [1.807, 2.05) is 24.3 Å². The van der Waals surface area contributed by atoms with Crippen LogP contribution in [-0.2, 0) is 16.4 Å². The molecule has 1 aromatic heterocycles. The molecule has 3 aromatic rings. The van der Waals surface area contributed by atoms with E-state index < -0.39 is 10.0 Å². The Bertz CT molecular complexity index is 915. The maximum atomic E-state index is 11.5. The Morgan fingerprint density at radius 3 is 2.46 bits per heavy atom. The van der Waals surface area contributed by atoms with Gasteiger partial charge in [0.15, 0.2) is 0 Å². The van der Waals surface area contributed by atoms with E-state index in [1.54, 1.807) is 19.1 Å². The number of hydrogen-bond donors (Lipinski definition) is 3. The van der Waals surface area contributed by atoms with Crippen molar-refractivity contribution in [1.82, 2.24) is 4.98 Å². The van der Waals surface area contributed by atoms with Gasteiger partial charge in [-0.1, -0.05) is 18.2 Å². The van der Waals surface area contributed by atoms with Crippen LogP contribution in [0.3, 0.4) is 0 Å². The standard InChI is InChI=1S/C18H21N3O2S/c1-2-24(22,23)21-16-9-7-15(8-10-16)19-12-11-14-13-20-18-6-4-3-5-17(14)18/h3-10,13,19-21H,2,11-12H2,1H3. The molecule has 126 valence electrons. The predicted octanol–water partition coefficient (Wildman–Crippen LogP) is 3.58. The maximum absolute atomic E-state index is 11.5. The second-order valence-electron chi connectivity index (χ2n) is 5.62. The van der Waals surface area contributed by atoms with Crippen LogP contribution < -0.4 is 10.0 Å². The largest absolute Gasteiger partial charge is 0.385 e. The molecule has 0 aliphatic carbocycles. The van der Waals surface area contributed by atoms with Gasteiger partial charge >= 0.3 is 0 Å². The van der Waals surface area contributed by atoms with Gasteiger partial charge in [0.1, 0.15) is 0 Å². The van der Waals surface area contributed by atoms with Gasteiger partial charge in [0.25, 0.3) is 0 Å². The van der Waals surface area contributed by atoms with Crippen molar-refractivity contribution in [3.05, 3.63) is 60.3 Å². The van der Waals surface area contributed by atoms with E-state index in [9.17, 15) is 8.42 Å². The monoisotopic (exact) mass is 343 g/mol. The first-order valence-corrected chi connectivity index (χ1v) is 9.62. The van der Waals surface area contributed by atoms with E-state index in [4.69, 9.17) is 0 Å². The van der Waals surface area contributed by atoms with Crippen LogP contribution in [0.4, 0.5) is 11.4 Å². The fourth-order valence-electron chi connectivity index (χ4n) is 2.59. The molecular weight excluding hydrogens is 322 g/mol. The van der Waals surface area contributed by atoms with E-state index in [0.717, 1.165) is 24.2 Å². The molecule has 0 spiro atoms. The van der Waals surface area contributed by atoms with Gasteiger partial charge in [-0.25, -0.2) is 8.42 Å². The lowest BCUT2D eigenvalue weighted by molar-refractivity contribution is 0.602. The number of fused-ring (bicyclic) bond motifs is 1. The Morgan fingerprint density at radius 2 is 1.71 bits per heavy atom. The van der Waals surface area contributed by atoms with Gasteiger partial charge in [0.2, 0.25) is 10.0 Å². The minimum Gasteiger partial charge on any atom is -0.385 e. The summed E-state index contributed by atoms with van der Waals surface area (Å²) in [5.74, 6) is 0.0671. The highest BCUT2D eigenvalue weighted by Crippen LogP contribution is 2.19. The summed E-state index contributed by atoms with van der Waals surface area (Å²) in [7, 11) is -3.23. The number of anilines is 2. The Hall–Kier alpha value is -2.47. The second kappa shape index (κ2) is 6.97. The van der Waals surface area contributed by atoms with Gasteiger partial charge < -0.3 is 10.3 Å². The minimum absolute atomic E-state index is 0.0671. The average Bonchev–Trinajstić information content (AvgIpc) is 3.00. The number of H-pyrrole nitrogens is 1. The Morgan fingerprint density at radius 1 is 1.00 bits per heavy atom. The van der Waals surface area contributed by atoms with Crippen LogP contribution in [0.25, 0.3) is 10.9 Å². The predicted molar refractivity (Wildman–Crippen MR) is 100 cm³/mol. The molecular formula is C18H21N3O2S. The molecule has 0 aliphatic rings. The molecule has 5 nitrogen and oxygen atoms in total. The van der Waals surface area contributed by atoms with Crippen molar-refractivity contribution in [2.24, 2.45) is 0 Å². The molecule has 0 bridgehead atoms. The van der Waals surface area contributed by atoms with Crippen LogP contribution in [-0.4, -0.2) is 25.7 Å². The molecule has 0 aliphatic heterocycles. The normalized spacial score (nSPS) is 11.5. The first-order valence-electron chi connectivity index (χ1n) is 7.97. The number of hydrogen-bond acceptors (Lipinski definition) is 3. The van der Waals surface area contributed by atoms with Crippen LogP contribution in [0.1, 0.15) is 12.5 Å². The topological polar surface area (TPSA) is 74.0 Å². The number of benzene rings is 2.